The van der Waals surface area contributed by atoms with Crippen molar-refractivity contribution in [2.24, 2.45) is 0 Å². The molecule has 0 atom stereocenters. The minimum atomic E-state index is -0.248. The lowest BCUT2D eigenvalue weighted by Gasteiger charge is -2.09. The predicted molar refractivity (Wildman–Crippen MR) is 78.9 cm³/mol. The van der Waals surface area contributed by atoms with Gasteiger partial charge in [0.1, 0.15) is 0 Å². The number of carbonyl (C=O) groups excluding carboxylic acids is 1. The van der Waals surface area contributed by atoms with E-state index in [0.717, 1.165) is 21.1 Å². The lowest BCUT2D eigenvalue weighted by atomic mass is 10.2. The summed E-state index contributed by atoms with van der Waals surface area (Å²) in [7, 11) is 1.39. The van der Waals surface area contributed by atoms with Crippen LogP contribution in [0, 0.1) is 6.92 Å². The molecule has 0 saturated heterocycles. The summed E-state index contributed by atoms with van der Waals surface area (Å²) in [5.74, 6) is -0.248. The van der Waals surface area contributed by atoms with Gasteiger partial charge in [-0.05, 0) is 30.7 Å². The van der Waals surface area contributed by atoms with Crippen LogP contribution in [-0.2, 0) is 16.0 Å². The molecule has 0 bridgehead atoms. The Morgan fingerprint density at radius 1 is 1.42 bits per heavy atom. The molecule has 2 rings (SSSR count). The molecule has 0 radical (unpaired) electrons. The Labute approximate surface area is 116 Å². The van der Waals surface area contributed by atoms with Gasteiger partial charge < -0.3 is 15.8 Å². The average Bonchev–Trinajstić information content (AvgIpc) is 2.72. The number of thiophene rings is 1. The Bertz CT molecular complexity index is 593. The number of benzene rings is 1. The van der Waals surface area contributed by atoms with Gasteiger partial charge in [-0.2, -0.15) is 0 Å². The third kappa shape index (κ3) is 3.26. The number of carbonyl (C=O) groups is 1. The Hall–Kier alpha value is -2.01. The van der Waals surface area contributed by atoms with E-state index in [4.69, 9.17) is 10.5 Å². The summed E-state index contributed by atoms with van der Waals surface area (Å²) in [5, 5.41) is 4.21. The van der Waals surface area contributed by atoms with Gasteiger partial charge in [-0.15, -0.1) is 11.3 Å². The molecule has 0 fully saturated rings. The van der Waals surface area contributed by atoms with Gasteiger partial charge >= 0.3 is 5.97 Å². The van der Waals surface area contributed by atoms with E-state index in [1.54, 1.807) is 11.3 Å². The van der Waals surface area contributed by atoms with E-state index >= 15 is 0 Å². The van der Waals surface area contributed by atoms with Crippen LogP contribution in [0.25, 0.3) is 0 Å². The summed E-state index contributed by atoms with van der Waals surface area (Å²) in [6.07, 6.45) is 0.260. The molecule has 0 amide bonds. The summed E-state index contributed by atoms with van der Waals surface area (Å²) < 4.78 is 4.71. The van der Waals surface area contributed by atoms with E-state index in [2.05, 4.69) is 5.32 Å². The fraction of sp³-hybridized carbons (Fsp3) is 0.214. The number of anilines is 3. The van der Waals surface area contributed by atoms with Crippen LogP contribution < -0.4 is 11.1 Å². The number of nitrogens with one attached hydrogen (secondary N) is 1. The monoisotopic (exact) mass is 276 g/mol. The van der Waals surface area contributed by atoms with E-state index < -0.39 is 0 Å². The molecule has 4 nitrogen and oxygen atoms in total. The molecule has 1 aromatic carbocycles. The lowest BCUT2D eigenvalue weighted by molar-refractivity contribution is -0.139. The van der Waals surface area contributed by atoms with Crippen molar-refractivity contribution in [3.63, 3.8) is 0 Å². The van der Waals surface area contributed by atoms with Crippen LogP contribution >= 0.6 is 11.3 Å². The summed E-state index contributed by atoms with van der Waals surface area (Å²) in [6.45, 7) is 2.00. The molecule has 0 spiro atoms. The number of hydrogen-bond acceptors (Lipinski definition) is 5. The highest BCUT2D eigenvalue weighted by molar-refractivity contribution is 7.16. The van der Waals surface area contributed by atoms with Crippen LogP contribution in [0.1, 0.15) is 10.4 Å². The van der Waals surface area contributed by atoms with Crippen LogP contribution in [0.5, 0.6) is 0 Å². The maximum Gasteiger partial charge on any atom is 0.310 e. The molecule has 0 aliphatic rings. The fourth-order valence-corrected chi connectivity index (χ4v) is 2.71. The summed E-state index contributed by atoms with van der Waals surface area (Å²) in [5.41, 5.74) is 8.35. The number of para-hydroxylation sites is 2. The highest BCUT2D eigenvalue weighted by Gasteiger charge is 2.12. The Kier molecular flexibility index (Phi) is 4.06. The van der Waals surface area contributed by atoms with Gasteiger partial charge in [0.25, 0.3) is 0 Å². The molecule has 5 heteroatoms. The van der Waals surface area contributed by atoms with Gasteiger partial charge in [-0.3, -0.25) is 4.79 Å². The van der Waals surface area contributed by atoms with Crippen LogP contribution in [0.3, 0.4) is 0 Å². The van der Waals surface area contributed by atoms with Gasteiger partial charge in [-0.25, -0.2) is 0 Å². The van der Waals surface area contributed by atoms with Gasteiger partial charge in [0.2, 0.25) is 0 Å². The first-order valence-corrected chi connectivity index (χ1v) is 6.69. The van der Waals surface area contributed by atoms with Crippen molar-refractivity contribution in [1.29, 1.82) is 0 Å². The van der Waals surface area contributed by atoms with Gasteiger partial charge in [-0.1, -0.05) is 12.1 Å². The largest absolute Gasteiger partial charge is 0.469 e. The zero-order valence-electron chi connectivity index (χ0n) is 10.9. The highest BCUT2D eigenvalue weighted by atomic mass is 32.1. The number of nitrogen functional groups attached to an aromatic ring is 1. The first-order chi connectivity index (χ1) is 9.10. The Morgan fingerprint density at radius 3 is 2.84 bits per heavy atom. The Morgan fingerprint density at radius 2 is 2.16 bits per heavy atom. The molecule has 1 heterocycles. The van der Waals surface area contributed by atoms with Crippen LogP contribution in [0.2, 0.25) is 0 Å². The number of esters is 1. The maximum absolute atomic E-state index is 11.4. The van der Waals surface area contributed by atoms with Crippen LogP contribution in [-0.4, -0.2) is 13.1 Å². The van der Waals surface area contributed by atoms with Gasteiger partial charge in [0.05, 0.1) is 29.9 Å². The first-order valence-electron chi connectivity index (χ1n) is 5.88. The minimum absolute atomic E-state index is 0.248. The third-order valence-corrected chi connectivity index (χ3v) is 3.71. The molecular weight excluding hydrogens is 260 g/mol. The second kappa shape index (κ2) is 5.75. The van der Waals surface area contributed by atoms with E-state index in [0.29, 0.717) is 5.69 Å². The number of methoxy groups -OCH3 is 1. The number of nitrogens with two attached hydrogens (primary N) is 1. The van der Waals surface area contributed by atoms with E-state index in [1.807, 2.05) is 37.3 Å². The zero-order chi connectivity index (χ0) is 13.8. The third-order valence-electron chi connectivity index (χ3n) is 2.70. The molecule has 0 saturated carbocycles. The molecule has 0 unspecified atom stereocenters. The molecule has 0 aliphatic heterocycles. The molecule has 0 aliphatic carbocycles. The van der Waals surface area contributed by atoms with Crippen molar-refractivity contribution < 1.29 is 9.53 Å². The molecular formula is C14H16N2O2S. The quantitative estimate of drug-likeness (QED) is 0.665. The summed E-state index contributed by atoms with van der Waals surface area (Å²) in [4.78, 5) is 12.5. The molecule has 3 N–H and O–H groups in total. The minimum Gasteiger partial charge on any atom is -0.469 e. The summed E-state index contributed by atoms with van der Waals surface area (Å²) >= 11 is 1.60. The average molecular weight is 276 g/mol. The van der Waals surface area contributed by atoms with E-state index in [-0.39, 0.29) is 12.4 Å². The number of ether oxygens (including phenoxy) is 1. The predicted octanol–water partition coefficient (Wildman–Crippen LogP) is 3.10. The second-order valence-electron chi connectivity index (χ2n) is 4.18. The topological polar surface area (TPSA) is 64.3 Å². The SMILES string of the molecule is COC(=O)Cc1cc(C)sc1Nc1ccccc1N. The zero-order valence-corrected chi connectivity index (χ0v) is 11.7. The van der Waals surface area contributed by atoms with E-state index in [1.165, 1.54) is 7.11 Å². The standard InChI is InChI=1S/C14H16N2O2S/c1-9-7-10(8-13(17)18-2)14(19-9)16-12-6-4-3-5-11(12)15/h3-7,16H,8,15H2,1-2H3. The summed E-state index contributed by atoms with van der Waals surface area (Å²) in [6, 6.07) is 9.53. The lowest BCUT2D eigenvalue weighted by Crippen LogP contribution is -2.05. The van der Waals surface area contributed by atoms with Gasteiger partial charge in [0, 0.05) is 4.88 Å². The van der Waals surface area contributed by atoms with E-state index in [9.17, 15) is 4.79 Å². The van der Waals surface area contributed by atoms with Crippen molar-refractivity contribution in [1.82, 2.24) is 0 Å². The first kappa shape index (κ1) is 13.4. The molecule has 19 heavy (non-hydrogen) atoms. The smallest absolute Gasteiger partial charge is 0.310 e. The highest BCUT2D eigenvalue weighted by Crippen LogP contribution is 2.32. The number of rotatable bonds is 4. The number of hydrogen-bond donors (Lipinski definition) is 2. The molecule has 2 aromatic rings. The molecule has 1 aromatic heterocycles. The van der Waals surface area contributed by atoms with Crippen molar-refractivity contribution >= 4 is 33.7 Å². The van der Waals surface area contributed by atoms with Crippen molar-refractivity contribution in [2.45, 2.75) is 13.3 Å². The second-order valence-corrected chi connectivity index (χ2v) is 5.43. The normalized spacial score (nSPS) is 10.2. The van der Waals surface area contributed by atoms with Gasteiger partial charge in [0.15, 0.2) is 0 Å². The van der Waals surface area contributed by atoms with Crippen molar-refractivity contribution in [3.05, 3.63) is 40.8 Å². The van der Waals surface area contributed by atoms with Crippen molar-refractivity contribution in [2.75, 3.05) is 18.2 Å². The van der Waals surface area contributed by atoms with Crippen molar-refractivity contribution in [3.8, 4) is 0 Å². The molecule has 100 valence electrons. The number of aryl methyl sites for hydroxylation is 1. The van der Waals surface area contributed by atoms with Crippen LogP contribution in [0.15, 0.2) is 30.3 Å². The Balaban J connectivity index is 2.25. The van der Waals surface area contributed by atoms with Crippen LogP contribution in [0.4, 0.5) is 16.4 Å². The maximum atomic E-state index is 11.4. The fourth-order valence-electron chi connectivity index (χ4n) is 1.76.